The molecule has 0 amide bonds. The van der Waals surface area contributed by atoms with Gasteiger partial charge in [-0.2, -0.15) is 0 Å². The first-order valence-electron chi connectivity index (χ1n) is 7.24. The Bertz CT molecular complexity index is 467. The number of benzene rings is 1. The van der Waals surface area contributed by atoms with Gasteiger partial charge in [0.1, 0.15) is 12.4 Å². The maximum atomic E-state index is 5.67. The fraction of sp³-hybridized carbons (Fsp3) is 0.529. The molecule has 1 aromatic rings. The van der Waals surface area contributed by atoms with Crippen molar-refractivity contribution in [3.63, 3.8) is 0 Å². The van der Waals surface area contributed by atoms with Gasteiger partial charge in [0, 0.05) is 13.1 Å². The maximum absolute atomic E-state index is 5.67. The normalized spacial score (nSPS) is 15.8. The van der Waals surface area contributed by atoms with E-state index in [1.165, 1.54) is 5.56 Å². The Kier molecular flexibility index (Phi) is 5.91. The highest BCUT2D eigenvalue weighted by Crippen LogP contribution is 2.19. The molecular weight excluding hydrogens is 250 g/mol. The van der Waals surface area contributed by atoms with Crippen molar-refractivity contribution in [2.45, 2.75) is 19.8 Å². The Morgan fingerprint density at radius 3 is 2.80 bits per heavy atom. The summed E-state index contributed by atoms with van der Waals surface area (Å²) >= 11 is 0. The van der Waals surface area contributed by atoms with E-state index in [0.717, 1.165) is 38.6 Å². The summed E-state index contributed by atoms with van der Waals surface area (Å²) in [7, 11) is 0. The molecule has 0 aliphatic carbocycles. The van der Waals surface area contributed by atoms with Gasteiger partial charge in [-0.15, -0.1) is 0 Å². The van der Waals surface area contributed by atoms with E-state index in [1.54, 1.807) is 0 Å². The fourth-order valence-electron chi connectivity index (χ4n) is 2.06. The van der Waals surface area contributed by atoms with E-state index in [2.05, 4.69) is 42.7 Å². The van der Waals surface area contributed by atoms with Crippen molar-refractivity contribution < 1.29 is 9.47 Å². The Morgan fingerprint density at radius 2 is 2.05 bits per heavy atom. The zero-order valence-electron chi connectivity index (χ0n) is 12.4. The molecule has 1 aliphatic heterocycles. The molecule has 3 heteroatoms. The van der Waals surface area contributed by atoms with Crippen LogP contribution in [0, 0.1) is 11.8 Å². The molecule has 1 aliphatic rings. The van der Waals surface area contributed by atoms with Gasteiger partial charge in [-0.1, -0.05) is 37.8 Å². The van der Waals surface area contributed by atoms with Gasteiger partial charge < -0.3 is 9.47 Å². The maximum Gasteiger partial charge on any atom is 0.149 e. The van der Waals surface area contributed by atoms with Crippen LogP contribution in [0.25, 0.3) is 0 Å². The number of morpholine rings is 1. The van der Waals surface area contributed by atoms with Crippen molar-refractivity contribution >= 4 is 0 Å². The van der Waals surface area contributed by atoms with Crippen LogP contribution in [-0.2, 0) is 4.74 Å². The van der Waals surface area contributed by atoms with Crippen molar-refractivity contribution in [3.8, 4) is 17.6 Å². The molecule has 0 aromatic heterocycles. The molecule has 1 heterocycles. The summed E-state index contributed by atoms with van der Waals surface area (Å²) in [6, 6.07) is 8.23. The van der Waals surface area contributed by atoms with Gasteiger partial charge in [0.15, 0.2) is 0 Å². The van der Waals surface area contributed by atoms with Gasteiger partial charge in [-0.05, 0) is 23.6 Å². The third-order valence-electron chi connectivity index (χ3n) is 3.37. The third kappa shape index (κ3) is 4.88. The van der Waals surface area contributed by atoms with Gasteiger partial charge in [0.2, 0.25) is 0 Å². The minimum Gasteiger partial charge on any atom is -0.481 e. The van der Waals surface area contributed by atoms with Crippen molar-refractivity contribution in [2.75, 3.05) is 39.5 Å². The molecule has 20 heavy (non-hydrogen) atoms. The molecule has 0 saturated carbocycles. The Balaban J connectivity index is 1.74. The molecule has 2 rings (SSSR count). The fourth-order valence-corrected chi connectivity index (χ4v) is 2.06. The van der Waals surface area contributed by atoms with Gasteiger partial charge in [0.05, 0.1) is 19.8 Å². The second-order valence-electron chi connectivity index (χ2n) is 5.26. The van der Waals surface area contributed by atoms with Crippen LogP contribution in [0.3, 0.4) is 0 Å². The standard InChI is InChI=1S/C17H23NO2/c1-15(2)16-6-5-7-17(14-16)20-11-4-3-8-18-9-12-19-13-10-18/h5-7,14-15H,8-13H2,1-2H3. The smallest absolute Gasteiger partial charge is 0.149 e. The average molecular weight is 273 g/mol. The lowest BCUT2D eigenvalue weighted by molar-refractivity contribution is 0.0443. The zero-order chi connectivity index (χ0) is 14.2. The summed E-state index contributed by atoms with van der Waals surface area (Å²) < 4.78 is 11.0. The van der Waals surface area contributed by atoms with E-state index in [4.69, 9.17) is 9.47 Å². The summed E-state index contributed by atoms with van der Waals surface area (Å²) in [5.74, 6) is 7.65. The number of rotatable bonds is 4. The highest BCUT2D eigenvalue weighted by molar-refractivity contribution is 5.30. The van der Waals surface area contributed by atoms with Gasteiger partial charge >= 0.3 is 0 Å². The van der Waals surface area contributed by atoms with Crippen LogP contribution in [0.1, 0.15) is 25.3 Å². The van der Waals surface area contributed by atoms with Crippen LogP contribution in [-0.4, -0.2) is 44.4 Å². The van der Waals surface area contributed by atoms with E-state index < -0.39 is 0 Å². The SMILES string of the molecule is CC(C)c1cccc(OCC#CCN2CCOCC2)c1. The Labute approximate surface area is 121 Å². The minimum atomic E-state index is 0.450. The number of hydrogen-bond acceptors (Lipinski definition) is 3. The van der Waals surface area contributed by atoms with E-state index in [9.17, 15) is 0 Å². The van der Waals surface area contributed by atoms with E-state index in [1.807, 2.05) is 12.1 Å². The van der Waals surface area contributed by atoms with Gasteiger partial charge in [0.25, 0.3) is 0 Å². The van der Waals surface area contributed by atoms with Crippen molar-refractivity contribution in [1.29, 1.82) is 0 Å². The Morgan fingerprint density at radius 1 is 1.25 bits per heavy atom. The molecule has 108 valence electrons. The van der Waals surface area contributed by atoms with Crippen LogP contribution in [0.4, 0.5) is 0 Å². The zero-order valence-corrected chi connectivity index (χ0v) is 12.4. The number of ether oxygens (including phenoxy) is 2. The topological polar surface area (TPSA) is 21.7 Å². The lowest BCUT2D eigenvalue weighted by atomic mass is 10.0. The molecule has 1 saturated heterocycles. The summed E-state index contributed by atoms with van der Waals surface area (Å²) in [5.41, 5.74) is 1.30. The van der Waals surface area contributed by atoms with Crippen LogP contribution in [0.5, 0.6) is 5.75 Å². The molecular formula is C17H23NO2. The predicted molar refractivity (Wildman–Crippen MR) is 81.1 cm³/mol. The quantitative estimate of drug-likeness (QED) is 0.787. The van der Waals surface area contributed by atoms with E-state index >= 15 is 0 Å². The van der Waals surface area contributed by atoms with Crippen molar-refractivity contribution in [1.82, 2.24) is 4.90 Å². The lowest BCUT2D eigenvalue weighted by Crippen LogP contribution is -2.36. The van der Waals surface area contributed by atoms with E-state index in [-0.39, 0.29) is 0 Å². The molecule has 1 fully saturated rings. The molecule has 0 atom stereocenters. The summed E-state index contributed by atoms with van der Waals surface area (Å²) in [6.45, 7) is 9.21. The highest BCUT2D eigenvalue weighted by Gasteiger charge is 2.07. The lowest BCUT2D eigenvalue weighted by Gasteiger charge is -2.24. The molecule has 0 spiro atoms. The molecule has 1 aromatic carbocycles. The second-order valence-corrected chi connectivity index (χ2v) is 5.26. The number of hydrogen-bond donors (Lipinski definition) is 0. The van der Waals surface area contributed by atoms with Crippen LogP contribution >= 0.6 is 0 Å². The summed E-state index contributed by atoms with van der Waals surface area (Å²) in [6.07, 6.45) is 0. The first-order valence-corrected chi connectivity index (χ1v) is 7.24. The van der Waals surface area contributed by atoms with Crippen LogP contribution in [0.2, 0.25) is 0 Å². The predicted octanol–water partition coefficient (Wildman–Crippen LogP) is 2.52. The molecule has 0 bridgehead atoms. The monoisotopic (exact) mass is 273 g/mol. The largest absolute Gasteiger partial charge is 0.481 e. The first kappa shape index (κ1) is 14.9. The Hall–Kier alpha value is -1.50. The van der Waals surface area contributed by atoms with Gasteiger partial charge in [-0.3, -0.25) is 4.90 Å². The van der Waals surface area contributed by atoms with E-state index in [0.29, 0.717) is 12.5 Å². The first-order chi connectivity index (χ1) is 9.75. The van der Waals surface area contributed by atoms with Gasteiger partial charge in [-0.25, -0.2) is 0 Å². The summed E-state index contributed by atoms with van der Waals surface area (Å²) in [5, 5.41) is 0. The molecule has 0 N–H and O–H groups in total. The van der Waals surface area contributed by atoms with Crippen LogP contribution in [0.15, 0.2) is 24.3 Å². The summed E-state index contributed by atoms with van der Waals surface area (Å²) in [4.78, 5) is 2.30. The average Bonchev–Trinajstić information content (AvgIpc) is 2.48. The molecule has 0 unspecified atom stereocenters. The van der Waals surface area contributed by atoms with Crippen molar-refractivity contribution in [2.24, 2.45) is 0 Å². The second kappa shape index (κ2) is 7.94. The minimum absolute atomic E-state index is 0.450. The van der Waals surface area contributed by atoms with Crippen molar-refractivity contribution in [3.05, 3.63) is 29.8 Å². The highest BCUT2D eigenvalue weighted by atomic mass is 16.5. The number of nitrogens with zero attached hydrogens (tertiary/aromatic N) is 1. The van der Waals surface area contributed by atoms with Crippen LogP contribution < -0.4 is 4.74 Å². The molecule has 3 nitrogen and oxygen atoms in total. The molecule has 0 radical (unpaired) electrons. The third-order valence-corrected chi connectivity index (χ3v) is 3.37.